The normalized spacial score (nSPS) is 11.4. The summed E-state index contributed by atoms with van der Waals surface area (Å²) in [6.45, 7) is 0. The molecule has 21 heavy (non-hydrogen) atoms. The number of hydrogen-bond acceptors (Lipinski definition) is 3. The van der Waals surface area contributed by atoms with Gasteiger partial charge in [-0.25, -0.2) is 0 Å². The van der Waals surface area contributed by atoms with Crippen molar-refractivity contribution in [2.24, 2.45) is 0 Å². The average Bonchev–Trinajstić information content (AvgIpc) is 3.04. The van der Waals surface area contributed by atoms with E-state index in [2.05, 4.69) is 5.16 Å². The van der Waals surface area contributed by atoms with Crippen molar-refractivity contribution in [3.8, 4) is 5.75 Å². The van der Waals surface area contributed by atoms with Crippen LogP contribution in [0.1, 0.15) is 11.3 Å². The molecule has 0 bridgehead atoms. The van der Waals surface area contributed by atoms with Crippen LogP contribution in [0, 0.1) is 0 Å². The standard InChI is InChI=1S/C17H12ClNO2/c18-14-6-8-15(9-7-14)20-17(16-10-11-19-21-16)12-13-4-2-1-3-5-13/h1-12H. The van der Waals surface area contributed by atoms with Crippen molar-refractivity contribution in [1.82, 2.24) is 5.16 Å². The molecule has 4 heteroatoms. The van der Waals surface area contributed by atoms with Gasteiger partial charge in [-0.3, -0.25) is 0 Å². The zero-order valence-corrected chi connectivity index (χ0v) is 11.8. The van der Waals surface area contributed by atoms with E-state index in [4.69, 9.17) is 20.9 Å². The monoisotopic (exact) mass is 297 g/mol. The molecule has 0 N–H and O–H groups in total. The number of benzene rings is 2. The van der Waals surface area contributed by atoms with Crippen LogP contribution in [-0.4, -0.2) is 5.16 Å². The predicted octanol–water partition coefficient (Wildman–Crippen LogP) is 4.91. The molecule has 3 aromatic rings. The van der Waals surface area contributed by atoms with Crippen LogP contribution in [0.25, 0.3) is 11.8 Å². The van der Waals surface area contributed by atoms with Crippen molar-refractivity contribution in [3.63, 3.8) is 0 Å². The largest absolute Gasteiger partial charge is 0.453 e. The summed E-state index contributed by atoms with van der Waals surface area (Å²) in [5.74, 6) is 1.83. The van der Waals surface area contributed by atoms with Crippen LogP contribution in [0.4, 0.5) is 0 Å². The fraction of sp³-hybridized carbons (Fsp3) is 0. The second-order valence-corrected chi connectivity index (χ2v) is 4.79. The summed E-state index contributed by atoms with van der Waals surface area (Å²) >= 11 is 5.88. The van der Waals surface area contributed by atoms with Gasteiger partial charge in [0.25, 0.3) is 0 Å². The molecule has 3 rings (SSSR count). The maximum Gasteiger partial charge on any atom is 0.202 e. The maximum absolute atomic E-state index is 5.89. The summed E-state index contributed by atoms with van der Waals surface area (Å²) < 4.78 is 11.1. The van der Waals surface area contributed by atoms with Crippen molar-refractivity contribution >= 4 is 23.4 Å². The molecule has 0 saturated heterocycles. The van der Waals surface area contributed by atoms with Crippen LogP contribution in [0.5, 0.6) is 5.75 Å². The van der Waals surface area contributed by atoms with Gasteiger partial charge < -0.3 is 9.26 Å². The summed E-state index contributed by atoms with van der Waals surface area (Å²) in [6, 6.07) is 18.8. The predicted molar refractivity (Wildman–Crippen MR) is 82.9 cm³/mol. The molecule has 1 aromatic heterocycles. The minimum Gasteiger partial charge on any atom is -0.453 e. The Morgan fingerprint density at radius 1 is 1.00 bits per heavy atom. The number of halogens is 1. The van der Waals surface area contributed by atoms with Crippen LogP contribution in [-0.2, 0) is 0 Å². The third kappa shape index (κ3) is 3.52. The van der Waals surface area contributed by atoms with E-state index in [-0.39, 0.29) is 0 Å². The summed E-state index contributed by atoms with van der Waals surface area (Å²) in [4.78, 5) is 0. The van der Waals surface area contributed by atoms with Gasteiger partial charge in [-0.05, 0) is 35.9 Å². The second-order valence-electron chi connectivity index (χ2n) is 4.35. The summed E-state index contributed by atoms with van der Waals surface area (Å²) in [5.41, 5.74) is 1.01. The highest BCUT2D eigenvalue weighted by Crippen LogP contribution is 2.24. The Labute approximate surface area is 127 Å². The number of rotatable bonds is 4. The van der Waals surface area contributed by atoms with Gasteiger partial charge in [0.2, 0.25) is 5.76 Å². The lowest BCUT2D eigenvalue weighted by molar-refractivity contribution is 0.386. The molecule has 0 spiro atoms. The number of ether oxygens (including phenoxy) is 1. The van der Waals surface area contributed by atoms with Crippen molar-refractivity contribution in [1.29, 1.82) is 0 Å². The Morgan fingerprint density at radius 3 is 2.43 bits per heavy atom. The molecule has 0 amide bonds. The minimum absolute atomic E-state index is 0.564. The Morgan fingerprint density at radius 2 is 1.76 bits per heavy atom. The van der Waals surface area contributed by atoms with E-state index < -0.39 is 0 Å². The first kappa shape index (κ1) is 13.5. The fourth-order valence-electron chi connectivity index (χ4n) is 1.82. The molecule has 104 valence electrons. The average molecular weight is 298 g/mol. The first-order chi connectivity index (χ1) is 10.3. The number of hydrogen-bond donors (Lipinski definition) is 0. The Bertz CT molecular complexity index is 719. The van der Waals surface area contributed by atoms with Gasteiger partial charge in [-0.15, -0.1) is 0 Å². The molecule has 0 aliphatic rings. The van der Waals surface area contributed by atoms with Crippen LogP contribution in [0.3, 0.4) is 0 Å². The molecule has 0 aliphatic heterocycles. The smallest absolute Gasteiger partial charge is 0.202 e. The molecular weight excluding hydrogens is 286 g/mol. The fourth-order valence-corrected chi connectivity index (χ4v) is 1.95. The number of nitrogens with zero attached hydrogens (tertiary/aromatic N) is 1. The highest BCUT2D eigenvalue weighted by molar-refractivity contribution is 6.30. The molecule has 2 aromatic carbocycles. The number of aromatic nitrogens is 1. The van der Waals surface area contributed by atoms with Gasteiger partial charge in [0.15, 0.2) is 5.76 Å². The summed E-state index contributed by atoms with van der Waals surface area (Å²) in [6.07, 6.45) is 3.48. The van der Waals surface area contributed by atoms with E-state index in [9.17, 15) is 0 Å². The topological polar surface area (TPSA) is 35.3 Å². The molecule has 0 radical (unpaired) electrons. The highest BCUT2D eigenvalue weighted by Gasteiger charge is 2.09. The molecule has 0 atom stereocenters. The van der Waals surface area contributed by atoms with Crippen LogP contribution in [0.15, 0.2) is 71.4 Å². The van der Waals surface area contributed by atoms with Crippen molar-refractivity contribution in [2.75, 3.05) is 0 Å². The third-order valence-corrected chi connectivity index (χ3v) is 3.07. The van der Waals surface area contributed by atoms with Gasteiger partial charge in [-0.2, -0.15) is 0 Å². The molecule has 0 aliphatic carbocycles. The molecule has 3 nitrogen and oxygen atoms in total. The van der Waals surface area contributed by atoms with Gasteiger partial charge in [0, 0.05) is 11.1 Å². The first-order valence-electron chi connectivity index (χ1n) is 6.42. The Kier molecular flexibility index (Phi) is 4.03. The lowest BCUT2D eigenvalue weighted by atomic mass is 10.2. The maximum atomic E-state index is 5.89. The Balaban J connectivity index is 1.93. The van der Waals surface area contributed by atoms with Crippen molar-refractivity contribution in [3.05, 3.63) is 83.2 Å². The van der Waals surface area contributed by atoms with Crippen LogP contribution >= 0.6 is 11.6 Å². The first-order valence-corrected chi connectivity index (χ1v) is 6.80. The Hall–Kier alpha value is -2.52. The highest BCUT2D eigenvalue weighted by atomic mass is 35.5. The van der Waals surface area contributed by atoms with Crippen LogP contribution in [0.2, 0.25) is 5.02 Å². The van der Waals surface area contributed by atoms with Crippen LogP contribution < -0.4 is 4.74 Å². The van der Waals surface area contributed by atoms with Gasteiger partial charge in [0.05, 0.1) is 6.20 Å². The van der Waals surface area contributed by atoms with Crippen molar-refractivity contribution < 1.29 is 9.26 Å². The van der Waals surface area contributed by atoms with Crippen molar-refractivity contribution in [2.45, 2.75) is 0 Å². The van der Waals surface area contributed by atoms with Gasteiger partial charge >= 0.3 is 0 Å². The van der Waals surface area contributed by atoms with E-state index in [0.29, 0.717) is 22.3 Å². The van der Waals surface area contributed by atoms with E-state index in [1.54, 1.807) is 36.5 Å². The second kappa shape index (κ2) is 6.29. The lowest BCUT2D eigenvalue weighted by Crippen LogP contribution is -1.93. The van der Waals surface area contributed by atoms with E-state index in [1.165, 1.54) is 0 Å². The molecule has 0 saturated carbocycles. The minimum atomic E-state index is 0.564. The van der Waals surface area contributed by atoms with E-state index in [0.717, 1.165) is 5.56 Å². The third-order valence-electron chi connectivity index (χ3n) is 2.82. The molecule has 0 unspecified atom stereocenters. The molecular formula is C17H12ClNO2. The van der Waals surface area contributed by atoms with Gasteiger partial charge in [-0.1, -0.05) is 47.1 Å². The zero-order valence-electron chi connectivity index (χ0n) is 11.1. The SMILES string of the molecule is Clc1ccc(OC(=Cc2ccccc2)c2ccno2)cc1. The molecule has 1 heterocycles. The lowest BCUT2D eigenvalue weighted by Gasteiger charge is -2.07. The quantitative estimate of drug-likeness (QED) is 0.642. The summed E-state index contributed by atoms with van der Waals surface area (Å²) in [7, 11) is 0. The summed E-state index contributed by atoms with van der Waals surface area (Å²) in [5, 5.41) is 4.39. The van der Waals surface area contributed by atoms with E-state index in [1.807, 2.05) is 36.4 Å². The molecule has 0 fully saturated rings. The zero-order chi connectivity index (χ0) is 14.5. The van der Waals surface area contributed by atoms with Gasteiger partial charge in [0.1, 0.15) is 5.75 Å². The van der Waals surface area contributed by atoms with E-state index >= 15 is 0 Å².